The van der Waals surface area contributed by atoms with Crippen molar-refractivity contribution >= 4 is 29.0 Å². The van der Waals surface area contributed by atoms with E-state index in [9.17, 15) is 4.79 Å². The van der Waals surface area contributed by atoms with Crippen molar-refractivity contribution in [2.24, 2.45) is 5.92 Å². The van der Waals surface area contributed by atoms with Crippen LogP contribution in [0.1, 0.15) is 24.8 Å². The predicted octanol–water partition coefficient (Wildman–Crippen LogP) is 3.49. The lowest BCUT2D eigenvalue weighted by molar-refractivity contribution is -0.118. The normalized spacial score (nSPS) is 19.1. The molecule has 1 N–H and O–H groups in total. The van der Waals surface area contributed by atoms with E-state index in [2.05, 4.69) is 5.32 Å². The van der Waals surface area contributed by atoms with Gasteiger partial charge < -0.3 is 5.32 Å². The largest absolute Gasteiger partial charge is 0.316 e. The molecule has 0 aromatic heterocycles. The Morgan fingerprint density at radius 1 is 1.33 bits per heavy atom. The molecule has 1 aliphatic heterocycles. The molecule has 2 rings (SSSR count). The fourth-order valence-corrected chi connectivity index (χ4v) is 2.61. The Morgan fingerprint density at radius 2 is 2.17 bits per heavy atom. The SMILES string of the molecule is O=C(CCC1CCNC1)Cc1ccc(Cl)c(Cl)c1. The molecule has 1 saturated heterocycles. The second-order valence-electron chi connectivity index (χ2n) is 4.86. The van der Waals surface area contributed by atoms with Crippen molar-refractivity contribution in [2.75, 3.05) is 13.1 Å². The lowest BCUT2D eigenvalue weighted by Gasteiger charge is -2.07. The van der Waals surface area contributed by atoms with E-state index in [-0.39, 0.29) is 5.78 Å². The standard InChI is InChI=1S/C14H17Cl2NO/c15-13-4-2-11(8-14(13)16)7-12(18)3-1-10-5-6-17-9-10/h2,4,8,10,17H,1,3,5-7,9H2. The lowest BCUT2D eigenvalue weighted by atomic mass is 9.98. The van der Waals surface area contributed by atoms with Crippen molar-refractivity contribution in [1.82, 2.24) is 5.32 Å². The third-order valence-electron chi connectivity index (χ3n) is 3.38. The van der Waals surface area contributed by atoms with E-state index in [4.69, 9.17) is 23.2 Å². The molecule has 0 bridgehead atoms. The highest BCUT2D eigenvalue weighted by molar-refractivity contribution is 6.42. The van der Waals surface area contributed by atoms with Crippen LogP contribution in [0.5, 0.6) is 0 Å². The number of rotatable bonds is 5. The fraction of sp³-hybridized carbons (Fsp3) is 0.500. The van der Waals surface area contributed by atoms with E-state index >= 15 is 0 Å². The topological polar surface area (TPSA) is 29.1 Å². The third-order valence-corrected chi connectivity index (χ3v) is 4.12. The number of benzene rings is 1. The maximum absolute atomic E-state index is 11.9. The summed E-state index contributed by atoms with van der Waals surface area (Å²) < 4.78 is 0. The third kappa shape index (κ3) is 3.98. The Labute approximate surface area is 118 Å². The number of halogens is 2. The van der Waals surface area contributed by atoms with Crippen molar-refractivity contribution in [1.29, 1.82) is 0 Å². The van der Waals surface area contributed by atoms with E-state index in [1.807, 2.05) is 6.07 Å². The zero-order valence-electron chi connectivity index (χ0n) is 10.2. The van der Waals surface area contributed by atoms with Crippen LogP contribution in [0.2, 0.25) is 10.0 Å². The van der Waals surface area contributed by atoms with E-state index in [0.29, 0.717) is 28.8 Å². The van der Waals surface area contributed by atoms with Gasteiger partial charge in [-0.3, -0.25) is 4.79 Å². The van der Waals surface area contributed by atoms with Crippen LogP contribution >= 0.6 is 23.2 Å². The first-order valence-corrected chi connectivity index (χ1v) is 7.07. The van der Waals surface area contributed by atoms with E-state index < -0.39 is 0 Å². The smallest absolute Gasteiger partial charge is 0.137 e. The Kier molecular flexibility index (Phi) is 5.04. The van der Waals surface area contributed by atoms with E-state index in [1.165, 1.54) is 6.42 Å². The first kappa shape index (κ1) is 13.9. The molecule has 0 spiro atoms. The molecule has 1 atom stereocenters. The quantitative estimate of drug-likeness (QED) is 0.897. The van der Waals surface area contributed by atoms with Crippen molar-refractivity contribution in [2.45, 2.75) is 25.7 Å². The molecule has 1 aromatic rings. The van der Waals surface area contributed by atoms with Gasteiger partial charge in [0.1, 0.15) is 5.78 Å². The highest BCUT2D eigenvalue weighted by atomic mass is 35.5. The number of hydrogen-bond donors (Lipinski definition) is 1. The van der Waals surface area contributed by atoms with Gasteiger partial charge in [-0.1, -0.05) is 29.3 Å². The van der Waals surface area contributed by atoms with Crippen molar-refractivity contribution in [3.8, 4) is 0 Å². The summed E-state index contributed by atoms with van der Waals surface area (Å²) in [6, 6.07) is 5.38. The number of carbonyl (C=O) groups excluding carboxylic acids is 1. The van der Waals surface area contributed by atoms with Crippen LogP contribution in [0, 0.1) is 5.92 Å². The molecule has 18 heavy (non-hydrogen) atoms. The summed E-state index contributed by atoms with van der Waals surface area (Å²) >= 11 is 11.8. The first-order valence-electron chi connectivity index (χ1n) is 6.31. The lowest BCUT2D eigenvalue weighted by Crippen LogP contribution is -2.11. The monoisotopic (exact) mass is 285 g/mol. The Balaban J connectivity index is 1.80. The summed E-state index contributed by atoms with van der Waals surface area (Å²) in [4.78, 5) is 11.9. The molecule has 0 radical (unpaired) electrons. The number of ketones is 1. The summed E-state index contributed by atoms with van der Waals surface area (Å²) in [5.41, 5.74) is 0.943. The Bertz CT molecular complexity index is 428. The molecule has 2 nitrogen and oxygen atoms in total. The van der Waals surface area contributed by atoms with Gasteiger partial charge in [0.25, 0.3) is 0 Å². The van der Waals surface area contributed by atoms with Crippen molar-refractivity contribution < 1.29 is 4.79 Å². The second kappa shape index (κ2) is 6.55. The molecule has 4 heteroatoms. The van der Waals surface area contributed by atoms with Gasteiger partial charge in [-0.2, -0.15) is 0 Å². The van der Waals surface area contributed by atoms with E-state index in [0.717, 1.165) is 25.1 Å². The van der Waals surface area contributed by atoms with Crippen LogP contribution in [0.15, 0.2) is 18.2 Å². The zero-order valence-corrected chi connectivity index (χ0v) is 11.7. The molecule has 1 heterocycles. The average Bonchev–Trinajstić information content (AvgIpc) is 2.84. The highest BCUT2D eigenvalue weighted by Gasteiger charge is 2.15. The van der Waals surface area contributed by atoms with Crippen LogP contribution < -0.4 is 5.32 Å². The maximum Gasteiger partial charge on any atom is 0.137 e. The second-order valence-corrected chi connectivity index (χ2v) is 5.68. The molecular formula is C14H17Cl2NO. The van der Waals surface area contributed by atoms with Gasteiger partial charge in [-0.15, -0.1) is 0 Å². The van der Waals surface area contributed by atoms with Crippen LogP contribution in [-0.2, 0) is 11.2 Å². The van der Waals surface area contributed by atoms with Gasteiger partial charge in [-0.25, -0.2) is 0 Å². The van der Waals surface area contributed by atoms with Gasteiger partial charge >= 0.3 is 0 Å². The van der Waals surface area contributed by atoms with Gasteiger partial charge in [0.05, 0.1) is 10.0 Å². The van der Waals surface area contributed by atoms with Gasteiger partial charge in [0.2, 0.25) is 0 Å². The number of carbonyl (C=O) groups is 1. The molecule has 98 valence electrons. The highest BCUT2D eigenvalue weighted by Crippen LogP contribution is 2.23. The molecule has 1 aliphatic rings. The molecular weight excluding hydrogens is 269 g/mol. The van der Waals surface area contributed by atoms with Crippen molar-refractivity contribution in [3.05, 3.63) is 33.8 Å². The minimum Gasteiger partial charge on any atom is -0.316 e. The maximum atomic E-state index is 11.9. The Morgan fingerprint density at radius 3 is 2.83 bits per heavy atom. The molecule has 0 saturated carbocycles. The van der Waals surface area contributed by atoms with E-state index in [1.54, 1.807) is 12.1 Å². The predicted molar refractivity (Wildman–Crippen MR) is 75.4 cm³/mol. The number of nitrogens with one attached hydrogen (secondary N) is 1. The molecule has 0 amide bonds. The summed E-state index contributed by atoms with van der Waals surface area (Å²) in [5, 5.41) is 4.36. The minimum atomic E-state index is 0.278. The molecule has 1 aromatic carbocycles. The number of hydrogen-bond acceptors (Lipinski definition) is 2. The van der Waals surface area contributed by atoms with Gasteiger partial charge in [-0.05, 0) is 49.5 Å². The molecule has 1 unspecified atom stereocenters. The fourth-order valence-electron chi connectivity index (χ4n) is 2.29. The van der Waals surface area contributed by atoms with Crippen LogP contribution in [0.4, 0.5) is 0 Å². The minimum absolute atomic E-state index is 0.278. The Hall–Kier alpha value is -0.570. The summed E-state index contributed by atoms with van der Waals surface area (Å²) in [6.07, 6.45) is 3.30. The molecule has 1 fully saturated rings. The van der Waals surface area contributed by atoms with Gasteiger partial charge in [0, 0.05) is 12.8 Å². The summed E-state index contributed by atoms with van der Waals surface area (Å²) in [7, 11) is 0. The summed E-state index contributed by atoms with van der Waals surface area (Å²) in [5.74, 6) is 0.947. The molecule has 0 aliphatic carbocycles. The number of Topliss-reactive ketones (excluding diaryl/α,β-unsaturated/α-hetero) is 1. The van der Waals surface area contributed by atoms with Crippen molar-refractivity contribution in [3.63, 3.8) is 0 Å². The zero-order chi connectivity index (χ0) is 13.0. The van der Waals surface area contributed by atoms with Gasteiger partial charge in [0.15, 0.2) is 0 Å². The first-order chi connectivity index (χ1) is 8.65. The summed E-state index contributed by atoms with van der Waals surface area (Å²) in [6.45, 7) is 2.14. The van der Waals surface area contributed by atoms with Crippen LogP contribution in [0.25, 0.3) is 0 Å². The average molecular weight is 286 g/mol. The van der Waals surface area contributed by atoms with Crippen LogP contribution in [-0.4, -0.2) is 18.9 Å². The van der Waals surface area contributed by atoms with Crippen LogP contribution in [0.3, 0.4) is 0 Å².